The zero-order valence-corrected chi connectivity index (χ0v) is 10.7. The highest BCUT2D eigenvalue weighted by molar-refractivity contribution is 5.85. The van der Waals surface area contributed by atoms with E-state index in [4.69, 9.17) is 4.74 Å². The highest BCUT2D eigenvalue weighted by Gasteiger charge is 2.34. The number of amides is 1. The molecular formula is C12H21NO3. The van der Waals surface area contributed by atoms with Gasteiger partial charge in [0, 0.05) is 24.9 Å². The molecule has 1 aliphatic heterocycles. The molecule has 1 saturated heterocycles. The molecule has 16 heavy (non-hydrogen) atoms. The van der Waals surface area contributed by atoms with E-state index in [0.29, 0.717) is 13.1 Å². The van der Waals surface area contributed by atoms with Crippen molar-refractivity contribution < 1.29 is 14.3 Å². The summed E-state index contributed by atoms with van der Waals surface area (Å²) in [6, 6.07) is 0. The molecule has 0 aromatic heterocycles. The molecule has 1 amide bonds. The van der Waals surface area contributed by atoms with Crippen LogP contribution in [0.15, 0.2) is 0 Å². The summed E-state index contributed by atoms with van der Waals surface area (Å²) in [4.78, 5) is 25.0. The van der Waals surface area contributed by atoms with Gasteiger partial charge in [0.1, 0.15) is 11.4 Å². The first-order valence-electron chi connectivity index (χ1n) is 5.72. The number of likely N-dealkylation sites (tertiary alicyclic amines) is 1. The minimum Gasteiger partial charge on any atom is -0.444 e. The van der Waals surface area contributed by atoms with Gasteiger partial charge < -0.3 is 9.64 Å². The van der Waals surface area contributed by atoms with Crippen LogP contribution in [0.5, 0.6) is 0 Å². The normalized spacial score (nSPS) is 26.8. The summed E-state index contributed by atoms with van der Waals surface area (Å²) in [6.07, 6.45) is -0.321. The molecule has 0 aromatic carbocycles. The second-order valence-electron chi connectivity index (χ2n) is 5.59. The maximum Gasteiger partial charge on any atom is 0.410 e. The van der Waals surface area contributed by atoms with E-state index in [2.05, 4.69) is 0 Å². The van der Waals surface area contributed by atoms with Gasteiger partial charge in [-0.15, -0.1) is 0 Å². The Bertz CT molecular complexity index is 279. The second kappa shape index (κ2) is 4.44. The minimum atomic E-state index is -0.481. The van der Waals surface area contributed by atoms with E-state index in [1.807, 2.05) is 34.6 Å². The van der Waals surface area contributed by atoms with Crippen LogP contribution in [0.25, 0.3) is 0 Å². The molecule has 0 saturated carbocycles. The number of hydrogen-bond acceptors (Lipinski definition) is 3. The van der Waals surface area contributed by atoms with Crippen LogP contribution in [0, 0.1) is 11.8 Å². The molecule has 1 fully saturated rings. The predicted molar refractivity (Wildman–Crippen MR) is 61.1 cm³/mol. The van der Waals surface area contributed by atoms with Gasteiger partial charge in [-0.25, -0.2) is 4.79 Å². The van der Waals surface area contributed by atoms with Gasteiger partial charge >= 0.3 is 6.09 Å². The van der Waals surface area contributed by atoms with Crippen LogP contribution in [0.3, 0.4) is 0 Å². The topological polar surface area (TPSA) is 46.6 Å². The number of rotatable bonds is 0. The molecule has 1 unspecified atom stereocenters. The molecule has 1 aliphatic rings. The Labute approximate surface area is 96.9 Å². The first-order valence-corrected chi connectivity index (χ1v) is 5.72. The maximum atomic E-state index is 11.8. The number of ether oxygens (including phenoxy) is 1. The molecule has 4 nitrogen and oxygen atoms in total. The third-order valence-electron chi connectivity index (χ3n) is 2.61. The Kier molecular flexibility index (Phi) is 3.61. The van der Waals surface area contributed by atoms with Crippen molar-refractivity contribution in [1.82, 2.24) is 4.90 Å². The molecule has 0 radical (unpaired) electrons. The molecule has 92 valence electrons. The lowest BCUT2D eigenvalue weighted by molar-refractivity contribution is -0.129. The lowest BCUT2D eigenvalue weighted by Gasteiger charge is -2.35. The molecule has 0 N–H and O–H groups in total. The maximum absolute atomic E-state index is 11.8. The van der Waals surface area contributed by atoms with Gasteiger partial charge in [-0.05, 0) is 20.8 Å². The predicted octanol–water partition coefficient (Wildman–Crippen LogP) is 2.08. The largest absolute Gasteiger partial charge is 0.444 e. The summed E-state index contributed by atoms with van der Waals surface area (Å²) < 4.78 is 5.28. The van der Waals surface area contributed by atoms with Crippen LogP contribution in [0.1, 0.15) is 34.6 Å². The van der Waals surface area contributed by atoms with Crippen molar-refractivity contribution in [2.45, 2.75) is 40.2 Å². The number of piperidine rings is 1. The molecular weight excluding hydrogens is 206 g/mol. The third-order valence-corrected chi connectivity index (χ3v) is 2.61. The summed E-state index contributed by atoms with van der Waals surface area (Å²) in [5, 5.41) is 0. The summed E-state index contributed by atoms with van der Waals surface area (Å²) in [5.41, 5.74) is -0.481. The molecule has 0 aliphatic carbocycles. The van der Waals surface area contributed by atoms with Gasteiger partial charge in [-0.3, -0.25) is 4.79 Å². The third kappa shape index (κ3) is 3.22. The molecule has 2 atom stereocenters. The number of Topliss-reactive ketones (excluding diaryl/α,β-unsaturated/α-hetero) is 1. The molecule has 1 heterocycles. The van der Waals surface area contributed by atoms with Crippen LogP contribution in [0.4, 0.5) is 4.79 Å². The SMILES string of the molecule is CC1CN(C(=O)OC(C)(C)C)C[C@@H](C)C1=O. The fourth-order valence-corrected chi connectivity index (χ4v) is 1.88. The average molecular weight is 227 g/mol. The number of carbonyl (C=O) groups is 2. The summed E-state index contributed by atoms with van der Waals surface area (Å²) in [6.45, 7) is 10.2. The van der Waals surface area contributed by atoms with Crippen molar-refractivity contribution in [3.8, 4) is 0 Å². The molecule has 4 heteroatoms. The van der Waals surface area contributed by atoms with Crippen LogP contribution in [0.2, 0.25) is 0 Å². The van der Waals surface area contributed by atoms with Gasteiger partial charge in [0.25, 0.3) is 0 Å². The first-order chi connectivity index (χ1) is 7.20. The summed E-state index contributed by atoms with van der Waals surface area (Å²) >= 11 is 0. The Hall–Kier alpha value is -1.06. The lowest BCUT2D eigenvalue weighted by Crippen LogP contribution is -2.49. The van der Waals surface area contributed by atoms with Gasteiger partial charge in [0.2, 0.25) is 0 Å². The zero-order valence-electron chi connectivity index (χ0n) is 10.7. The van der Waals surface area contributed by atoms with Crippen molar-refractivity contribution in [3.05, 3.63) is 0 Å². The van der Waals surface area contributed by atoms with E-state index in [1.165, 1.54) is 0 Å². The smallest absolute Gasteiger partial charge is 0.410 e. The Morgan fingerprint density at radius 1 is 1.25 bits per heavy atom. The minimum absolute atomic E-state index is 0.0868. The zero-order chi connectivity index (χ0) is 12.5. The van der Waals surface area contributed by atoms with E-state index in [1.54, 1.807) is 4.90 Å². The number of ketones is 1. The van der Waals surface area contributed by atoms with E-state index < -0.39 is 5.60 Å². The van der Waals surface area contributed by atoms with Crippen molar-refractivity contribution in [1.29, 1.82) is 0 Å². The van der Waals surface area contributed by atoms with Gasteiger partial charge in [-0.1, -0.05) is 13.8 Å². The van der Waals surface area contributed by atoms with Gasteiger partial charge in [-0.2, -0.15) is 0 Å². The number of hydrogen-bond donors (Lipinski definition) is 0. The van der Waals surface area contributed by atoms with Gasteiger partial charge in [0.05, 0.1) is 0 Å². The second-order valence-corrected chi connectivity index (χ2v) is 5.59. The Balaban J connectivity index is 2.62. The molecule has 1 rings (SSSR count). The number of carbonyl (C=O) groups excluding carboxylic acids is 2. The van der Waals surface area contributed by atoms with E-state index in [-0.39, 0.29) is 23.7 Å². The lowest BCUT2D eigenvalue weighted by atomic mass is 9.90. The number of nitrogens with zero attached hydrogens (tertiary/aromatic N) is 1. The Morgan fingerprint density at radius 2 is 1.69 bits per heavy atom. The highest BCUT2D eigenvalue weighted by atomic mass is 16.6. The van der Waals surface area contributed by atoms with E-state index in [0.717, 1.165) is 0 Å². The van der Waals surface area contributed by atoms with Crippen LogP contribution in [-0.2, 0) is 9.53 Å². The summed E-state index contributed by atoms with van der Waals surface area (Å²) in [5.74, 6) is 0.0624. The fourth-order valence-electron chi connectivity index (χ4n) is 1.88. The standard InChI is InChI=1S/C12H21NO3/c1-8-6-13(7-9(2)10(8)14)11(15)16-12(3,4)5/h8-9H,6-7H2,1-5H3/t8-,9?/m1/s1. The fraction of sp³-hybridized carbons (Fsp3) is 0.833. The monoisotopic (exact) mass is 227 g/mol. The summed E-state index contributed by atoms with van der Waals surface area (Å²) in [7, 11) is 0. The average Bonchev–Trinajstić information content (AvgIpc) is 2.10. The quantitative estimate of drug-likeness (QED) is 0.636. The van der Waals surface area contributed by atoms with E-state index >= 15 is 0 Å². The van der Waals surface area contributed by atoms with Crippen LogP contribution < -0.4 is 0 Å². The van der Waals surface area contributed by atoms with E-state index in [9.17, 15) is 9.59 Å². The van der Waals surface area contributed by atoms with Gasteiger partial charge in [0.15, 0.2) is 0 Å². The van der Waals surface area contributed by atoms with Crippen LogP contribution in [-0.4, -0.2) is 35.5 Å². The van der Waals surface area contributed by atoms with Crippen molar-refractivity contribution in [2.75, 3.05) is 13.1 Å². The van der Waals surface area contributed by atoms with Crippen molar-refractivity contribution >= 4 is 11.9 Å². The Morgan fingerprint density at radius 3 is 2.06 bits per heavy atom. The van der Waals surface area contributed by atoms with Crippen LogP contribution >= 0.6 is 0 Å². The van der Waals surface area contributed by atoms with Crippen molar-refractivity contribution in [3.63, 3.8) is 0 Å². The molecule has 0 spiro atoms. The molecule has 0 aromatic rings. The molecule has 0 bridgehead atoms. The van der Waals surface area contributed by atoms with Crippen molar-refractivity contribution in [2.24, 2.45) is 11.8 Å². The highest BCUT2D eigenvalue weighted by Crippen LogP contribution is 2.20. The first kappa shape index (κ1) is 13.0.